The normalized spacial score (nSPS) is 37.9. The molecule has 14 heavy (non-hydrogen) atoms. The van der Waals surface area contributed by atoms with Gasteiger partial charge in [-0.3, -0.25) is 0 Å². The third kappa shape index (κ3) is 2.48. The second-order valence-corrected chi connectivity index (χ2v) is 6.02. The number of likely N-dealkylation sites (N-methyl/N-ethyl adjacent to an activating group) is 1. The number of likely N-dealkylation sites (tertiary alicyclic amines) is 1. The molecule has 0 amide bonds. The van der Waals surface area contributed by atoms with Gasteiger partial charge in [0.25, 0.3) is 0 Å². The van der Waals surface area contributed by atoms with E-state index < -0.39 is 0 Å². The zero-order chi connectivity index (χ0) is 10.2. The van der Waals surface area contributed by atoms with Crippen molar-refractivity contribution in [2.75, 3.05) is 20.1 Å². The van der Waals surface area contributed by atoms with E-state index in [0.717, 1.165) is 12.1 Å². The van der Waals surface area contributed by atoms with Crippen molar-refractivity contribution in [2.45, 2.75) is 51.6 Å². The minimum Gasteiger partial charge on any atom is -0.310 e. The summed E-state index contributed by atoms with van der Waals surface area (Å²) in [5, 5.41) is 3.82. The van der Waals surface area contributed by atoms with Crippen molar-refractivity contribution >= 4 is 0 Å². The summed E-state index contributed by atoms with van der Waals surface area (Å²) in [5.74, 6) is 0. The molecule has 2 rings (SSSR count). The lowest BCUT2D eigenvalue weighted by molar-refractivity contribution is 0.345. The molecule has 0 aromatic rings. The summed E-state index contributed by atoms with van der Waals surface area (Å²) < 4.78 is 0. The summed E-state index contributed by atoms with van der Waals surface area (Å²) in [4.78, 5) is 2.43. The Morgan fingerprint density at radius 1 is 1.21 bits per heavy atom. The van der Waals surface area contributed by atoms with Crippen LogP contribution in [0.5, 0.6) is 0 Å². The first-order valence-electron chi connectivity index (χ1n) is 6.00. The molecule has 82 valence electrons. The van der Waals surface area contributed by atoms with Gasteiger partial charge in [0.05, 0.1) is 0 Å². The number of nitrogens with one attached hydrogen (secondary N) is 1. The molecule has 2 fully saturated rings. The highest BCUT2D eigenvalue weighted by Gasteiger charge is 2.32. The number of rotatable bonds is 2. The summed E-state index contributed by atoms with van der Waals surface area (Å²) in [5.41, 5.74) is 0.585. The molecular weight excluding hydrogens is 172 g/mol. The van der Waals surface area contributed by atoms with Gasteiger partial charge in [0.15, 0.2) is 0 Å². The van der Waals surface area contributed by atoms with E-state index in [1.165, 1.54) is 38.8 Å². The van der Waals surface area contributed by atoms with Crippen LogP contribution in [-0.4, -0.2) is 37.1 Å². The molecular formula is C12H24N2. The second-order valence-electron chi connectivity index (χ2n) is 6.02. The van der Waals surface area contributed by atoms with Gasteiger partial charge in [0, 0.05) is 18.6 Å². The Balaban J connectivity index is 1.76. The van der Waals surface area contributed by atoms with E-state index in [4.69, 9.17) is 0 Å². The fourth-order valence-corrected chi connectivity index (χ4v) is 2.98. The fraction of sp³-hybridized carbons (Fsp3) is 1.00. The molecule has 2 aliphatic rings. The zero-order valence-electron chi connectivity index (χ0n) is 9.84. The van der Waals surface area contributed by atoms with Gasteiger partial charge in [-0.15, -0.1) is 0 Å². The van der Waals surface area contributed by atoms with Crippen LogP contribution in [0.2, 0.25) is 0 Å². The predicted molar refractivity (Wildman–Crippen MR) is 60.5 cm³/mol. The van der Waals surface area contributed by atoms with Gasteiger partial charge in [-0.1, -0.05) is 13.8 Å². The molecule has 2 unspecified atom stereocenters. The largest absolute Gasteiger partial charge is 0.310 e. The van der Waals surface area contributed by atoms with Gasteiger partial charge in [-0.25, -0.2) is 0 Å². The van der Waals surface area contributed by atoms with E-state index in [2.05, 4.69) is 31.1 Å². The van der Waals surface area contributed by atoms with Gasteiger partial charge in [0.1, 0.15) is 0 Å². The number of hydrogen-bond acceptors (Lipinski definition) is 2. The third-order valence-corrected chi connectivity index (χ3v) is 3.83. The molecule has 2 atom stereocenters. The standard InChI is InChI=1S/C12H24N2/c1-12(2)6-4-10(8-12)13-11-5-7-14(3)9-11/h10-11,13H,4-9H2,1-3H3. The molecule has 2 heteroatoms. The Kier molecular flexibility index (Phi) is 2.85. The van der Waals surface area contributed by atoms with E-state index in [-0.39, 0.29) is 0 Å². The minimum atomic E-state index is 0.585. The van der Waals surface area contributed by atoms with Crippen molar-refractivity contribution in [2.24, 2.45) is 5.41 Å². The first kappa shape index (κ1) is 10.4. The molecule has 1 heterocycles. The lowest BCUT2D eigenvalue weighted by Crippen LogP contribution is -2.38. The maximum atomic E-state index is 3.82. The van der Waals surface area contributed by atoms with Crippen LogP contribution in [0, 0.1) is 5.41 Å². The molecule has 2 nitrogen and oxygen atoms in total. The summed E-state index contributed by atoms with van der Waals surface area (Å²) in [6.07, 6.45) is 5.49. The summed E-state index contributed by atoms with van der Waals surface area (Å²) >= 11 is 0. The van der Waals surface area contributed by atoms with E-state index in [1.807, 2.05) is 0 Å². The van der Waals surface area contributed by atoms with Gasteiger partial charge in [0.2, 0.25) is 0 Å². The van der Waals surface area contributed by atoms with Crippen LogP contribution in [0.3, 0.4) is 0 Å². The van der Waals surface area contributed by atoms with Crippen LogP contribution in [0.1, 0.15) is 39.5 Å². The molecule has 1 N–H and O–H groups in total. The maximum absolute atomic E-state index is 3.82. The van der Waals surface area contributed by atoms with E-state index in [0.29, 0.717) is 5.41 Å². The van der Waals surface area contributed by atoms with Crippen LogP contribution in [-0.2, 0) is 0 Å². The van der Waals surface area contributed by atoms with Crippen molar-refractivity contribution in [3.63, 3.8) is 0 Å². The topological polar surface area (TPSA) is 15.3 Å². The van der Waals surface area contributed by atoms with Crippen LogP contribution in [0.4, 0.5) is 0 Å². The highest BCUT2D eigenvalue weighted by atomic mass is 15.2. The highest BCUT2D eigenvalue weighted by Crippen LogP contribution is 2.37. The molecule has 0 aromatic carbocycles. The zero-order valence-corrected chi connectivity index (χ0v) is 9.84. The van der Waals surface area contributed by atoms with Crippen molar-refractivity contribution in [3.8, 4) is 0 Å². The number of hydrogen-bond donors (Lipinski definition) is 1. The average molecular weight is 196 g/mol. The van der Waals surface area contributed by atoms with Gasteiger partial charge < -0.3 is 10.2 Å². The molecule has 0 bridgehead atoms. The Labute approximate surface area is 88.1 Å². The average Bonchev–Trinajstić information content (AvgIpc) is 2.59. The van der Waals surface area contributed by atoms with Gasteiger partial charge in [-0.05, 0) is 44.7 Å². The summed E-state index contributed by atoms with van der Waals surface area (Å²) in [7, 11) is 2.22. The summed E-state index contributed by atoms with van der Waals surface area (Å²) in [6.45, 7) is 7.32. The maximum Gasteiger partial charge on any atom is 0.0209 e. The lowest BCUT2D eigenvalue weighted by atomic mass is 9.92. The lowest BCUT2D eigenvalue weighted by Gasteiger charge is -2.21. The quantitative estimate of drug-likeness (QED) is 0.725. The summed E-state index contributed by atoms with van der Waals surface area (Å²) in [6, 6.07) is 1.56. The molecule has 1 saturated carbocycles. The fourth-order valence-electron chi connectivity index (χ4n) is 2.98. The Hall–Kier alpha value is -0.0800. The Bertz CT molecular complexity index is 200. The smallest absolute Gasteiger partial charge is 0.0209 e. The van der Waals surface area contributed by atoms with Crippen LogP contribution < -0.4 is 5.32 Å². The van der Waals surface area contributed by atoms with Crippen molar-refractivity contribution in [1.82, 2.24) is 10.2 Å². The van der Waals surface area contributed by atoms with Gasteiger partial charge in [-0.2, -0.15) is 0 Å². The minimum absolute atomic E-state index is 0.585. The molecule has 0 spiro atoms. The first-order valence-corrected chi connectivity index (χ1v) is 6.00. The van der Waals surface area contributed by atoms with Crippen molar-refractivity contribution in [1.29, 1.82) is 0 Å². The van der Waals surface area contributed by atoms with E-state index in [9.17, 15) is 0 Å². The van der Waals surface area contributed by atoms with Crippen LogP contribution >= 0.6 is 0 Å². The Morgan fingerprint density at radius 2 is 2.00 bits per heavy atom. The molecule has 1 saturated heterocycles. The molecule has 0 aromatic heterocycles. The van der Waals surface area contributed by atoms with E-state index >= 15 is 0 Å². The van der Waals surface area contributed by atoms with Crippen LogP contribution in [0.15, 0.2) is 0 Å². The van der Waals surface area contributed by atoms with Gasteiger partial charge >= 0.3 is 0 Å². The van der Waals surface area contributed by atoms with Crippen LogP contribution in [0.25, 0.3) is 0 Å². The second kappa shape index (κ2) is 3.82. The molecule has 1 aliphatic heterocycles. The van der Waals surface area contributed by atoms with E-state index in [1.54, 1.807) is 0 Å². The van der Waals surface area contributed by atoms with Crippen molar-refractivity contribution < 1.29 is 0 Å². The molecule has 0 radical (unpaired) electrons. The first-order chi connectivity index (χ1) is 6.55. The SMILES string of the molecule is CN1CCC(NC2CCC(C)(C)C2)C1. The predicted octanol–water partition coefficient (Wildman–Crippen LogP) is 1.86. The monoisotopic (exact) mass is 196 g/mol. The molecule has 1 aliphatic carbocycles. The van der Waals surface area contributed by atoms with Crippen molar-refractivity contribution in [3.05, 3.63) is 0 Å². The third-order valence-electron chi connectivity index (χ3n) is 3.83. The number of nitrogens with zero attached hydrogens (tertiary/aromatic N) is 1. The Morgan fingerprint density at radius 3 is 2.50 bits per heavy atom. The highest BCUT2D eigenvalue weighted by molar-refractivity contribution is 4.90.